The van der Waals surface area contributed by atoms with Gasteiger partial charge in [-0.2, -0.15) is 13.2 Å². The van der Waals surface area contributed by atoms with E-state index in [4.69, 9.17) is 0 Å². The molecule has 2 aromatic rings. The Morgan fingerprint density at radius 1 is 1.21 bits per heavy atom. The zero-order chi connectivity index (χ0) is 18.1. The van der Waals surface area contributed by atoms with E-state index in [-0.39, 0.29) is 15.9 Å². The SMILES string of the molecule is CC(C)(C)C(=O)/C=c1\[nH]c(=O)/c(=C\c2cccc(C(F)(F)F)c2)s1. The maximum atomic E-state index is 12.7. The van der Waals surface area contributed by atoms with Gasteiger partial charge in [-0.1, -0.05) is 32.9 Å². The monoisotopic (exact) mass is 355 g/mol. The normalized spacial score (nSPS) is 14.2. The average molecular weight is 355 g/mol. The average Bonchev–Trinajstić information content (AvgIpc) is 2.77. The Morgan fingerprint density at radius 3 is 2.46 bits per heavy atom. The van der Waals surface area contributed by atoms with Gasteiger partial charge < -0.3 is 4.98 Å². The van der Waals surface area contributed by atoms with Crippen LogP contribution in [-0.4, -0.2) is 10.8 Å². The van der Waals surface area contributed by atoms with E-state index in [1.165, 1.54) is 24.3 Å². The lowest BCUT2D eigenvalue weighted by atomic mass is 9.91. The van der Waals surface area contributed by atoms with Crippen molar-refractivity contribution in [2.75, 3.05) is 0 Å². The van der Waals surface area contributed by atoms with Crippen molar-refractivity contribution in [3.63, 3.8) is 0 Å². The summed E-state index contributed by atoms with van der Waals surface area (Å²) in [4.78, 5) is 26.4. The summed E-state index contributed by atoms with van der Waals surface area (Å²) in [6.07, 6.45) is -1.73. The van der Waals surface area contributed by atoms with E-state index in [1.54, 1.807) is 20.8 Å². The molecule has 128 valence electrons. The van der Waals surface area contributed by atoms with E-state index >= 15 is 0 Å². The van der Waals surface area contributed by atoms with Crippen LogP contribution in [0.2, 0.25) is 0 Å². The number of nitrogens with one attached hydrogen (secondary N) is 1. The molecular formula is C17H16F3NO2S. The zero-order valence-corrected chi connectivity index (χ0v) is 14.1. The molecule has 7 heteroatoms. The van der Waals surface area contributed by atoms with E-state index in [9.17, 15) is 22.8 Å². The fourth-order valence-electron chi connectivity index (χ4n) is 1.82. The Balaban J connectivity index is 2.48. The number of halogens is 3. The molecule has 0 bridgehead atoms. The number of H-pyrrole nitrogens is 1. The number of rotatable bonds is 2. The van der Waals surface area contributed by atoms with Gasteiger partial charge in [0, 0.05) is 11.5 Å². The summed E-state index contributed by atoms with van der Waals surface area (Å²) in [5.41, 5.74) is -1.53. The molecule has 3 nitrogen and oxygen atoms in total. The lowest BCUT2D eigenvalue weighted by Crippen LogP contribution is -2.22. The Kier molecular flexibility index (Phi) is 4.85. The van der Waals surface area contributed by atoms with Gasteiger partial charge in [0.25, 0.3) is 5.56 Å². The molecular weight excluding hydrogens is 339 g/mol. The Hall–Kier alpha value is -2.15. The first kappa shape index (κ1) is 18.2. The maximum Gasteiger partial charge on any atom is 0.416 e. The fourth-order valence-corrected chi connectivity index (χ4v) is 2.70. The predicted octanol–water partition coefficient (Wildman–Crippen LogP) is 2.68. The summed E-state index contributed by atoms with van der Waals surface area (Å²) in [6.45, 7) is 5.27. The van der Waals surface area contributed by atoms with Crippen LogP contribution in [0.25, 0.3) is 12.2 Å². The molecule has 0 aliphatic rings. The van der Waals surface area contributed by atoms with Crippen LogP contribution in [0.4, 0.5) is 13.2 Å². The maximum absolute atomic E-state index is 12.7. The number of benzene rings is 1. The third-order valence-electron chi connectivity index (χ3n) is 3.19. The zero-order valence-electron chi connectivity index (χ0n) is 13.3. The van der Waals surface area contributed by atoms with E-state index in [0.717, 1.165) is 23.5 Å². The molecule has 0 amide bonds. The molecule has 0 saturated carbocycles. The van der Waals surface area contributed by atoms with Crippen molar-refractivity contribution in [1.82, 2.24) is 4.98 Å². The van der Waals surface area contributed by atoms with Gasteiger partial charge in [0.1, 0.15) is 0 Å². The smallest absolute Gasteiger partial charge is 0.313 e. The van der Waals surface area contributed by atoms with Crippen molar-refractivity contribution in [1.29, 1.82) is 0 Å². The highest BCUT2D eigenvalue weighted by atomic mass is 32.1. The van der Waals surface area contributed by atoms with Gasteiger partial charge in [0.2, 0.25) is 0 Å². The molecule has 1 aromatic carbocycles. The molecule has 0 unspecified atom stereocenters. The van der Waals surface area contributed by atoms with Crippen molar-refractivity contribution in [2.24, 2.45) is 5.41 Å². The van der Waals surface area contributed by atoms with Gasteiger partial charge in [-0.25, -0.2) is 0 Å². The van der Waals surface area contributed by atoms with Crippen LogP contribution in [-0.2, 0) is 11.0 Å². The summed E-state index contributed by atoms with van der Waals surface area (Å²) in [5.74, 6) is -0.148. The Labute approximate surface area is 140 Å². The number of hydrogen-bond donors (Lipinski definition) is 1. The van der Waals surface area contributed by atoms with Gasteiger partial charge in [0.05, 0.1) is 14.8 Å². The number of thiazole rings is 1. The third-order valence-corrected chi connectivity index (χ3v) is 4.16. The minimum atomic E-state index is -4.44. The number of carbonyl (C=O) groups excluding carboxylic acids is 1. The molecule has 0 aliphatic carbocycles. The summed E-state index contributed by atoms with van der Waals surface area (Å²) in [7, 11) is 0. The summed E-state index contributed by atoms with van der Waals surface area (Å²) in [5, 5.41) is 0. The van der Waals surface area contributed by atoms with Crippen LogP contribution in [0, 0.1) is 5.41 Å². The van der Waals surface area contributed by atoms with Gasteiger partial charge >= 0.3 is 6.18 Å². The quantitative estimate of drug-likeness (QED) is 0.900. The fraction of sp³-hybridized carbons (Fsp3) is 0.294. The second-order valence-corrected chi connectivity index (χ2v) is 7.39. The number of aromatic nitrogens is 1. The Morgan fingerprint density at radius 2 is 1.88 bits per heavy atom. The number of alkyl halides is 3. The first-order valence-electron chi connectivity index (χ1n) is 7.11. The molecule has 2 rings (SSSR count). The van der Waals surface area contributed by atoms with Crippen molar-refractivity contribution >= 4 is 29.3 Å². The van der Waals surface area contributed by atoms with Crippen LogP contribution >= 0.6 is 11.3 Å². The molecule has 0 spiro atoms. The van der Waals surface area contributed by atoms with Crippen molar-refractivity contribution in [2.45, 2.75) is 26.9 Å². The first-order chi connectivity index (χ1) is 11.0. The lowest BCUT2D eigenvalue weighted by Gasteiger charge is -2.12. The first-order valence-corrected chi connectivity index (χ1v) is 7.93. The highest BCUT2D eigenvalue weighted by molar-refractivity contribution is 7.07. The summed E-state index contributed by atoms with van der Waals surface area (Å²) in [6, 6.07) is 4.71. The molecule has 1 aromatic heterocycles. The van der Waals surface area contributed by atoms with Gasteiger partial charge in [0.15, 0.2) is 5.78 Å². The van der Waals surface area contributed by atoms with Crippen LogP contribution in [0.1, 0.15) is 31.9 Å². The van der Waals surface area contributed by atoms with Gasteiger partial charge in [-0.05, 0) is 23.8 Å². The van der Waals surface area contributed by atoms with Crippen LogP contribution < -0.4 is 14.8 Å². The minimum absolute atomic E-state index is 0.148. The predicted molar refractivity (Wildman–Crippen MR) is 88.1 cm³/mol. The number of carbonyl (C=O) groups is 1. The molecule has 0 saturated heterocycles. The molecule has 0 fully saturated rings. The second kappa shape index (κ2) is 6.39. The highest BCUT2D eigenvalue weighted by Gasteiger charge is 2.30. The minimum Gasteiger partial charge on any atom is -0.313 e. The lowest BCUT2D eigenvalue weighted by molar-refractivity contribution is -0.137. The second-order valence-electron chi connectivity index (χ2n) is 6.31. The molecule has 0 radical (unpaired) electrons. The van der Waals surface area contributed by atoms with Crippen LogP contribution in [0.15, 0.2) is 29.1 Å². The van der Waals surface area contributed by atoms with E-state index < -0.39 is 22.7 Å². The molecule has 1 heterocycles. The number of ketones is 1. The van der Waals surface area contributed by atoms with Gasteiger partial charge in [-0.3, -0.25) is 9.59 Å². The van der Waals surface area contributed by atoms with Gasteiger partial charge in [-0.15, -0.1) is 11.3 Å². The number of aromatic amines is 1. The summed E-state index contributed by atoms with van der Waals surface area (Å²) < 4.78 is 38.8. The van der Waals surface area contributed by atoms with Crippen molar-refractivity contribution in [3.8, 4) is 0 Å². The van der Waals surface area contributed by atoms with Crippen LogP contribution in [0.5, 0.6) is 0 Å². The number of hydrogen-bond acceptors (Lipinski definition) is 3. The third kappa shape index (κ3) is 4.44. The van der Waals surface area contributed by atoms with E-state index in [0.29, 0.717) is 4.66 Å². The molecule has 1 N–H and O–H groups in total. The van der Waals surface area contributed by atoms with E-state index in [1.807, 2.05) is 0 Å². The molecule has 0 aliphatic heterocycles. The standard InChI is InChI=1S/C17H16F3NO2S/c1-16(2,3)13(22)9-14-21-15(23)12(24-14)8-10-5-4-6-11(7-10)17(18,19)20/h4-9H,1-3H3,(H,21,23)/b12-8+,14-9+. The molecule has 24 heavy (non-hydrogen) atoms. The topological polar surface area (TPSA) is 49.9 Å². The largest absolute Gasteiger partial charge is 0.416 e. The number of Topliss-reactive ketones (excluding diaryl/α,β-unsaturated/α-hetero) is 1. The summed E-state index contributed by atoms with van der Waals surface area (Å²) >= 11 is 1.03. The van der Waals surface area contributed by atoms with Crippen LogP contribution in [0.3, 0.4) is 0 Å². The Bertz CT molecular complexity index is 930. The van der Waals surface area contributed by atoms with Crippen molar-refractivity contribution < 1.29 is 18.0 Å². The van der Waals surface area contributed by atoms with Crippen molar-refractivity contribution in [3.05, 3.63) is 54.9 Å². The highest BCUT2D eigenvalue weighted by Crippen LogP contribution is 2.29. The van der Waals surface area contributed by atoms with E-state index in [2.05, 4.69) is 4.98 Å². The molecule has 0 atom stereocenters.